The van der Waals surface area contributed by atoms with Gasteiger partial charge in [0.25, 0.3) is 0 Å². The van der Waals surface area contributed by atoms with Crippen molar-refractivity contribution in [3.8, 4) is 0 Å². The fourth-order valence-electron chi connectivity index (χ4n) is 5.41. The highest BCUT2D eigenvalue weighted by Gasteiger charge is 2.18. The van der Waals surface area contributed by atoms with Gasteiger partial charge in [0.05, 0.1) is 41.2 Å². The van der Waals surface area contributed by atoms with Crippen molar-refractivity contribution in [3.63, 3.8) is 0 Å². The van der Waals surface area contributed by atoms with E-state index in [4.69, 9.17) is 21.4 Å². The zero-order valence-electron chi connectivity index (χ0n) is 26.1. The van der Waals surface area contributed by atoms with E-state index in [0.717, 1.165) is 62.8 Å². The zero-order chi connectivity index (χ0) is 32.2. The highest BCUT2D eigenvalue weighted by molar-refractivity contribution is 6.35. The molecule has 11 heteroatoms. The average molecular weight is 629 g/mol. The van der Waals surface area contributed by atoms with E-state index in [-0.39, 0.29) is 19.4 Å². The molecule has 4 aromatic heterocycles. The van der Waals surface area contributed by atoms with Gasteiger partial charge < -0.3 is 19.0 Å². The smallest absolute Gasteiger partial charge is 0.306 e. The van der Waals surface area contributed by atoms with Gasteiger partial charge in [-0.3, -0.25) is 9.59 Å². The van der Waals surface area contributed by atoms with Crippen molar-refractivity contribution in [1.29, 1.82) is 0 Å². The predicted molar refractivity (Wildman–Crippen MR) is 176 cm³/mol. The van der Waals surface area contributed by atoms with E-state index in [1.54, 1.807) is 0 Å². The van der Waals surface area contributed by atoms with Gasteiger partial charge in [0.1, 0.15) is 29.2 Å². The SMILES string of the molecule is CC(C)Cn1cnc2c(Cl)nc3ccccc3c21.Cc1nc2c(COC(=O)CCC(=O)O)nc3ccccc3c2n1CC(C)C. The van der Waals surface area contributed by atoms with E-state index in [0.29, 0.717) is 22.7 Å². The minimum atomic E-state index is -1.03. The number of nitrogens with zero attached hydrogens (tertiary/aromatic N) is 6. The lowest BCUT2D eigenvalue weighted by Crippen LogP contribution is -2.09. The number of benzene rings is 2. The number of carbonyl (C=O) groups excluding carboxylic acids is 1. The topological polar surface area (TPSA) is 125 Å². The Labute approximate surface area is 266 Å². The van der Waals surface area contributed by atoms with Crippen LogP contribution in [-0.2, 0) is 34.0 Å². The van der Waals surface area contributed by atoms with Gasteiger partial charge in [0.15, 0.2) is 5.15 Å². The Hall–Kier alpha value is -4.57. The first-order chi connectivity index (χ1) is 21.5. The van der Waals surface area contributed by atoms with Gasteiger partial charge in [0.2, 0.25) is 0 Å². The summed E-state index contributed by atoms with van der Waals surface area (Å²) in [7, 11) is 0. The van der Waals surface area contributed by atoms with E-state index in [2.05, 4.69) is 62.8 Å². The van der Waals surface area contributed by atoms with Crippen molar-refractivity contribution in [2.45, 2.75) is 67.2 Å². The lowest BCUT2D eigenvalue weighted by Gasteiger charge is -2.12. The lowest BCUT2D eigenvalue weighted by molar-refractivity contribution is -0.148. The molecule has 0 fully saturated rings. The molecule has 10 nitrogen and oxygen atoms in total. The first-order valence-corrected chi connectivity index (χ1v) is 15.4. The number of aryl methyl sites for hydroxylation is 1. The Balaban J connectivity index is 0.000000192. The van der Waals surface area contributed by atoms with Crippen LogP contribution in [0.2, 0.25) is 5.15 Å². The molecule has 0 unspecified atom stereocenters. The number of hydrogen-bond acceptors (Lipinski definition) is 7. The van der Waals surface area contributed by atoms with Crippen molar-refractivity contribution in [3.05, 3.63) is 71.5 Å². The Morgan fingerprint density at radius 2 is 1.47 bits per heavy atom. The summed E-state index contributed by atoms with van der Waals surface area (Å²) in [6.07, 6.45) is 1.44. The number of hydrogen-bond donors (Lipinski definition) is 1. The molecule has 0 bridgehead atoms. The normalized spacial score (nSPS) is 11.6. The molecule has 0 spiro atoms. The molecule has 0 saturated carbocycles. The molecule has 0 aliphatic heterocycles. The minimum absolute atomic E-state index is 0.0298. The molecule has 0 amide bonds. The molecular weight excluding hydrogens is 592 g/mol. The molecule has 0 radical (unpaired) electrons. The number of aromatic nitrogens is 6. The summed E-state index contributed by atoms with van der Waals surface area (Å²) in [5, 5.41) is 11.3. The number of ether oxygens (including phenoxy) is 1. The van der Waals surface area contributed by atoms with E-state index in [1.165, 1.54) is 0 Å². The molecule has 4 heterocycles. The molecule has 0 aliphatic rings. The minimum Gasteiger partial charge on any atom is -0.481 e. The fourth-order valence-corrected chi connectivity index (χ4v) is 5.63. The van der Waals surface area contributed by atoms with Crippen LogP contribution in [0.25, 0.3) is 43.9 Å². The summed E-state index contributed by atoms with van der Waals surface area (Å²) >= 11 is 6.20. The molecule has 45 heavy (non-hydrogen) atoms. The maximum Gasteiger partial charge on any atom is 0.306 e. The second kappa shape index (κ2) is 13.6. The van der Waals surface area contributed by atoms with Crippen LogP contribution in [0.1, 0.15) is 52.1 Å². The summed E-state index contributed by atoms with van der Waals surface area (Å²) in [6.45, 7) is 12.4. The Morgan fingerprint density at radius 3 is 2.11 bits per heavy atom. The number of halogens is 1. The molecule has 6 rings (SSSR count). The number of pyridine rings is 2. The summed E-state index contributed by atoms with van der Waals surface area (Å²) in [6, 6.07) is 15.9. The summed E-state index contributed by atoms with van der Waals surface area (Å²) in [5.41, 5.74) is 5.89. The van der Waals surface area contributed by atoms with Crippen molar-refractivity contribution >= 4 is 67.4 Å². The summed E-state index contributed by atoms with van der Waals surface area (Å²) in [5.74, 6) is 0.314. The highest BCUT2D eigenvalue weighted by atomic mass is 35.5. The van der Waals surface area contributed by atoms with Crippen LogP contribution in [0.4, 0.5) is 0 Å². The molecule has 6 aromatic rings. The number of fused-ring (bicyclic) bond motifs is 6. The van der Waals surface area contributed by atoms with Gasteiger partial charge in [-0.25, -0.2) is 19.9 Å². The molecule has 1 N–H and O–H groups in total. The number of aliphatic carboxylic acids is 1. The van der Waals surface area contributed by atoms with E-state index in [1.807, 2.05) is 55.7 Å². The van der Waals surface area contributed by atoms with Gasteiger partial charge in [0, 0.05) is 23.9 Å². The van der Waals surface area contributed by atoms with Gasteiger partial charge in [-0.15, -0.1) is 0 Å². The average Bonchev–Trinajstić information content (AvgIpc) is 3.56. The number of para-hydroxylation sites is 2. The molecular formula is C34H37ClN6O4. The van der Waals surface area contributed by atoms with Crippen molar-refractivity contribution in [2.24, 2.45) is 11.8 Å². The number of carboxylic acids is 1. The van der Waals surface area contributed by atoms with Crippen molar-refractivity contribution in [1.82, 2.24) is 29.1 Å². The second-order valence-corrected chi connectivity index (χ2v) is 12.3. The second-order valence-electron chi connectivity index (χ2n) is 11.9. The number of carboxylic acid groups (broad SMARTS) is 1. The molecule has 2 aromatic carbocycles. The molecule has 0 atom stereocenters. The Kier molecular flexibility index (Phi) is 9.63. The van der Waals surface area contributed by atoms with Gasteiger partial charge >= 0.3 is 11.9 Å². The van der Waals surface area contributed by atoms with Gasteiger partial charge in [-0.1, -0.05) is 75.7 Å². The van der Waals surface area contributed by atoms with E-state index < -0.39 is 11.9 Å². The first-order valence-electron chi connectivity index (χ1n) is 15.0. The maximum atomic E-state index is 11.8. The van der Waals surface area contributed by atoms with Crippen molar-refractivity contribution in [2.75, 3.05) is 0 Å². The molecule has 0 aliphatic carbocycles. The van der Waals surface area contributed by atoms with Crippen LogP contribution in [0.5, 0.6) is 0 Å². The third-order valence-electron chi connectivity index (χ3n) is 7.28. The van der Waals surface area contributed by atoms with Crippen LogP contribution in [0, 0.1) is 18.8 Å². The third-order valence-corrected chi connectivity index (χ3v) is 7.54. The number of esters is 1. The summed E-state index contributed by atoms with van der Waals surface area (Å²) < 4.78 is 9.59. The Bertz CT molecular complexity index is 2010. The van der Waals surface area contributed by atoms with Crippen LogP contribution < -0.4 is 0 Å². The number of carbonyl (C=O) groups is 2. The third kappa shape index (κ3) is 7.06. The summed E-state index contributed by atoms with van der Waals surface area (Å²) in [4.78, 5) is 40.5. The fraction of sp³-hybridized carbons (Fsp3) is 0.353. The number of rotatable bonds is 9. The van der Waals surface area contributed by atoms with Gasteiger partial charge in [-0.05, 0) is 30.9 Å². The largest absolute Gasteiger partial charge is 0.481 e. The first kappa shape index (κ1) is 31.8. The maximum absolute atomic E-state index is 11.8. The van der Waals surface area contributed by atoms with Crippen LogP contribution in [-0.4, -0.2) is 46.1 Å². The molecule has 234 valence electrons. The van der Waals surface area contributed by atoms with Crippen LogP contribution in [0.3, 0.4) is 0 Å². The van der Waals surface area contributed by atoms with Crippen LogP contribution >= 0.6 is 11.6 Å². The lowest BCUT2D eigenvalue weighted by atomic mass is 10.1. The molecule has 0 saturated heterocycles. The Morgan fingerprint density at radius 1 is 0.844 bits per heavy atom. The number of imidazole rings is 2. The predicted octanol–water partition coefficient (Wildman–Crippen LogP) is 7.35. The van der Waals surface area contributed by atoms with E-state index >= 15 is 0 Å². The highest BCUT2D eigenvalue weighted by Crippen LogP contribution is 2.30. The van der Waals surface area contributed by atoms with E-state index in [9.17, 15) is 9.59 Å². The zero-order valence-corrected chi connectivity index (χ0v) is 26.9. The standard InChI is InChI=1S/C20H23N3O4.C14H14ClN3/c1-12(2)10-23-13(3)21-19-16(11-27-18(26)9-8-17(24)25)22-15-7-5-4-6-14(15)20(19)23;1-9(2)7-18-8-16-12-13(18)10-5-3-4-6-11(10)17-14(12)15/h4-7,12H,8-11H2,1-3H3,(H,24,25);3-6,8-9H,7H2,1-2H3. The quantitative estimate of drug-likeness (QED) is 0.130. The van der Waals surface area contributed by atoms with Gasteiger partial charge in [-0.2, -0.15) is 0 Å². The monoisotopic (exact) mass is 628 g/mol. The van der Waals surface area contributed by atoms with Crippen molar-refractivity contribution < 1.29 is 19.4 Å². The van der Waals surface area contributed by atoms with Crippen LogP contribution in [0.15, 0.2) is 54.9 Å².